The van der Waals surface area contributed by atoms with E-state index in [4.69, 9.17) is 23.2 Å². The van der Waals surface area contributed by atoms with E-state index in [1.54, 1.807) is 30.3 Å². The Morgan fingerprint density at radius 3 is 2.50 bits per heavy atom. The van der Waals surface area contributed by atoms with Gasteiger partial charge in [-0.2, -0.15) is 8.42 Å². The lowest BCUT2D eigenvalue weighted by atomic mass is 10.2. The van der Waals surface area contributed by atoms with Crippen LogP contribution in [0.25, 0.3) is 0 Å². The van der Waals surface area contributed by atoms with Gasteiger partial charge in [0, 0.05) is 10.6 Å². The van der Waals surface area contributed by atoms with Gasteiger partial charge in [-0.05, 0) is 30.3 Å². The van der Waals surface area contributed by atoms with Crippen LogP contribution in [0.1, 0.15) is 10.4 Å². The standard InChI is InChI=1S/C15H10Cl2N4O3S2/c16-10-6-7-11(17)12(8-10)21-26(23,24)15-20-19-14(25-15)18-13(22)9-4-2-1-3-5-9/h1-8,21H,(H,18,19,22). The summed E-state index contributed by atoms with van der Waals surface area (Å²) < 4.78 is 26.8. The molecule has 0 aliphatic rings. The van der Waals surface area contributed by atoms with Crippen LogP contribution in [-0.2, 0) is 10.0 Å². The Labute approximate surface area is 163 Å². The molecule has 1 aromatic heterocycles. The Hall–Kier alpha value is -2.20. The molecule has 3 aromatic rings. The van der Waals surface area contributed by atoms with Crippen molar-refractivity contribution >= 4 is 61.3 Å². The summed E-state index contributed by atoms with van der Waals surface area (Å²) in [6.45, 7) is 0. The van der Waals surface area contributed by atoms with E-state index >= 15 is 0 Å². The predicted molar refractivity (Wildman–Crippen MR) is 102 cm³/mol. The van der Waals surface area contributed by atoms with Crippen molar-refractivity contribution in [3.63, 3.8) is 0 Å². The van der Waals surface area contributed by atoms with Crippen LogP contribution in [0.3, 0.4) is 0 Å². The third-order valence-electron chi connectivity index (χ3n) is 3.07. The van der Waals surface area contributed by atoms with Gasteiger partial charge in [0.1, 0.15) is 0 Å². The summed E-state index contributed by atoms with van der Waals surface area (Å²) in [4.78, 5) is 12.1. The Balaban J connectivity index is 1.78. The normalized spacial score (nSPS) is 11.2. The summed E-state index contributed by atoms with van der Waals surface area (Å²) in [5.41, 5.74) is 0.528. The molecule has 2 N–H and O–H groups in total. The highest BCUT2D eigenvalue weighted by Crippen LogP contribution is 2.29. The van der Waals surface area contributed by atoms with Crippen molar-refractivity contribution in [1.82, 2.24) is 10.2 Å². The number of anilines is 2. The second-order valence-corrected chi connectivity index (χ2v) is 8.60. The SMILES string of the molecule is O=C(Nc1nnc(S(=O)(=O)Nc2cc(Cl)ccc2Cl)s1)c1ccccc1. The van der Waals surface area contributed by atoms with Gasteiger partial charge in [-0.25, -0.2) is 0 Å². The molecule has 1 heterocycles. The fourth-order valence-electron chi connectivity index (χ4n) is 1.89. The van der Waals surface area contributed by atoms with Crippen molar-refractivity contribution in [2.45, 2.75) is 4.34 Å². The van der Waals surface area contributed by atoms with Crippen LogP contribution < -0.4 is 10.0 Å². The van der Waals surface area contributed by atoms with Crippen LogP contribution in [0.4, 0.5) is 10.8 Å². The van der Waals surface area contributed by atoms with Gasteiger partial charge >= 0.3 is 0 Å². The monoisotopic (exact) mass is 428 g/mol. The van der Waals surface area contributed by atoms with Crippen LogP contribution >= 0.6 is 34.5 Å². The zero-order valence-electron chi connectivity index (χ0n) is 12.8. The molecule has 11 heteroatoms. The van der Waals surface area contributed by atoms with Crippen molar-refractivity contribution in [2.75, 3.05) is 10.0 Å². The number of amides is 1. The number of nitrogens with zero attached hydrogens (tertiary/aromatic N) is 2. The van der Waals surface area contributed by atoms with Crippen molar-refractivity contribution in [2.24, 2.45) is 0 Å². The minimum absolute atomic E-state index is 0.0522. The number of carbonyl (C=O) groups excluding carboxylic acids is 1. The van der Waals surface area contributed by atoms with Gasteiger partial charge in [0.05, 0.1) is 10.7 Å². The smallest absolute Gasteiger partial charge is 0.291 e. The summed E-state index contributed by atoms with van der Waals surface area (Å²) in [6.07, 6.45) is 0. The first kappa shape index (κ1) is 18.6. The number of carbonyl (C=O) groups is 1. The average molecular weight is 429 g/mol. The van der Waals surface area contributed by atoms with Crippen molar-refractivity contribution in [1.29, 1.82) is 0 Å². The van der Waals surface area contributed by atoms with Crippen LogP contribution in [0.15, 0.2) is 52.9 Å². The molecule has 0 saturated heterocycles. The topological polar surface area (TPSA) is 101 Å². The van der Waals surface area contributed by atoms with Gasteiger partial charge < -0.3 is 0 Å². The fourth-order valence-corrected chi connectivity index (χ4v) is 4.25. The number of sulfonamides is 1. The van der Waals surface area contributed by atoms with Crippen LogP contribution in [-0.4, -0.2) is 24.5 Å². The first-order chi connectivity index (χ1) is 12.3. The molecule has 0 spiro atoms. The van der Waals surface area contributed by atoms with Crippen LogP contribution in [0.2, 0.25) is 10.0 Å². The quantitative estimate of drug-likeness (QED) is 0.600. The van der Waals surface area contributed by atoms with E-state index in [0.29, 0.717) is 21.9 Å². The van der Waals surface area contributed by atoms with E-state index in [9.17, 15) is 13.2 Å². The lowest BCUT2D eigenvalue weighted by Gasteiger charge is -2.07. The third kappa shape index (κ3) is 4.31. The summed E-state index contributed by atoms with van der Waals surface area (Å²) in [5, 5.41) is 10.4. The van der Waals surface area contributed by atoms with Crippen molar-refractivity contribution in [3.05, 3.63) is 64.1 Å². The molecular weight excluding hydrogens is 419 g/mol. The molecule has 26 heavy (non-hydrogen) atoms. The molecule has 0 aliphatic heterocycles. The summed E-state index contributed by atoms with van der Waals surface area (Å²) in [5.74, 6) is -0.420. The minimum Gasteiger partial charge on any atom is -0.296 e. The molecule has 2 aromatic carbocycles. The zero-order chi connectivity index (χ0) is 18.7. The zero-order valence-corrected chi connectivity index (χ0v) is 16.0. The van der Waals surface area contributed by atoms with Crippen molar-refractivity contribution in [3.8, 4) is 0 Å². The van der Waals surface area contributed by atoms with Crippen LogP contribution in [0.5, 0.6) is 0 Å². The van der Waals surface area contributed by atoms with Gasteiger partial charge in [-0.15, -0.1) is 10.2 Å². The fraction of sp³-hybridized carbons (Fsp3) is 0. The summed E-state index contributed by atoms with van der Waals surface area (Å²) >= 11 is 12.5. The molecule has 0 aliphatic carbocycles. The number of benzene rings is 2. The molecule has 0 saturated carbocycles. The van der Waals surface area contributed by atoms with Gasteiger partial charge in [0.15, 0.2) is 0 Å². The maximum absolute atomic E-state index is 12.4. The van der Waals surface area contributed by atoms with Crippen LogP contribution in [0, 0.1) is 0 Å². The molecule has 3 rings (SSSR count). The second kappa shape index (κ2) is 7.58. The number of rotatable bonds is 5. The first-order valence-corrected chi connectivity index (χ1v) is 10.1. The Bertz CT molecular complexity index is 1060. The minimum atomic E-state index is -4.03. The largest absolute Gasteiger partial charge is 0.296 e. The van der Waals surface area contributed by atoms with E-state index in [1.807, 2.05) is 0 Å². The molecule has 0 fully saturated rings. The predicted octanol–water partition coefficient (Wildman–Crippen LogP) is 3.90. The van der Waals surface area contributed by atoms with E-state index in [-0.39, 0.29) is 20.2 Å². The van der Waals surface area contributed by atoms with Gasteiger partial charge in [0.2, 0.25) is 5.13 Å². The second-order valence-electron chi connectivity index (χ2n) is 4.92. The highest BCUT2D eigenvalue weighted by atomic mass is 35.5. The molecular formula is C15H10Cl2N4O3S2. The molecule has 0 unspecified atom stereocenters. The number of halogens is 2. The van der Waals surface area contributed by atoms with Gasteiger partial charge in [0.25, 0.3) is 20.3 Å². The highest BCUT2D eigenvalue weighted by Gasteiger charge is 2.22. The average Bonchev–Trinajstić information content (AvgIpc) is 3.08. The van der Waals surface area contributed by atoms with E-state index in [0.717, 1.165) is 0 Å². The number of aromatic nitrogens is 2. The maximum Gasteiger partial charge on any atom is 0.291 e. The number of nitrogens with one attached hydrogen (secondary N) is 2. The lowest BCUT2D eigenvalue weighted by Crippen LogP contribution is -2.13. The third-order valence-corrected chi connectivity index (χ3v) is 6.20. The van der Waals surface area contributed by atoms with E-state index < -0.39 is 15.9 Å². The van der Waals surface area contributed by atoms with E-state index in [1.165, 1.54) is 18.2 Å². The highest BCUT2D eigenvalue weighted by molar-refractivity contribution is 7.94. The number of hydrogen-bond donors (Lipinski definition) is 2. The Morgan fingerprint density at radius 2 is 1.77 bits per heavy atom. The molecule has 1 amide bonds. The molecule has 0 atom stereocenters. The van der Waals surface area contributed by atoms with E-state index in [2.05, 4.69) is 20.2 Å². The number of hydrogen-bond acceptors (Lipinski definition) is 6. The molecule has 0 radical (unpaired) electrons. The maximum atomic E-state index is 12.4. The Morgan fingerprint density at radius 1 is 1.04 bits per heavy atom. The van der Waals surface area contributed by atoms with Gasteiger partial charge in [-0.3, -0.25) is 14.8 Å². The summed E-state index contributed by atoms with van der Waals surface area (Å²) in [6, 6.07) is 12.8. The lowest BCUT2D eigenvalue weighted by molar-refractivity contribution is 0.102. The Kier molecular flexibility index (Phi) is 5.42. The molecule has 7 nitrogen and oxygen atoms in total. The molecule has 0 bridgehead atoms. The summed E-state index contributed by atoms with van der Waals surface area (Å²) in [7, 11) is -4.03. The molecule has 134 valence electrons. The van der Waals surface area contributed by atoms with Crippen molar-refractivity contribution < 1.29 is 13.2 Å². The van der Waals surface area contributed by atoms with Gasteiger partial charge in [-0.1, -0.05) is 52.7 Å². The first-order valence-electron chi connectivity index (χ1n) is 7.03.